The molecular weight excluding hydrogens is 455 g/mol. The molecule has 1 spiro atoms. The molecule has 2 heterocycles. The topological polar surface area (TPSA) is 74.8 Å². The summed E-state index contributed by atoms with van der Waals surface area (Å²) in [6.07, 6.45) is 0. The summed E-state index contributed by atoms with van der Waals surface area (Å²) >= 11 is 0. The third kappa shape index (κ3) is 3.09. The van der Waals surface area contributed by atoms with Gasteiger partial charge in [-0.15, -0.1) is 0 Å². The SMILES string of the molecule is CC(C)c1ccc(N2C(=O)CS(=O)(=O)C23C(=O)N(Cc2cccc(F)c2)c2ccccc23)cc1. The van der Waals surface area contributed by atoms with Crippen LogP contribution in [0.2, 0.25) is 0 Å². The number of hydrogen-bond acceptors (Lipinski definition) is 4. The number of rotatable bonds is 4. The first-order chi connectivity index (χ1) is 16.2. The van der Waals surface area contributed by atoms with Gasteiger partial charge in [-0.05, 0) is 47.4 Å². The van der Waals surface area contributed by atoms with Crippen LogP contribution < -0.4 is 9.80 Å². The number of nitrogens with zero attached hydrogens (tertiary/aromatic N) is 2. The predicted molar refractivity (Wildman–Crippen MR) is 128 cm³/mol. The highest BCUT2D eigenvalue weighted by Crippen LogP contribution is 2.52. The minimum Gasteiger partial charge on any atom is -0.304 e. The first-order valence-electron chi connectivity index (χ1n) is 11.0. The molecule has 1 atom stereocenters. The van der Waals surface area contributed by atoms with Crippen molar-refractivity contribution >= 4 is 33.0 Å². The Kier molecular flexibility index (Phi) is 5.09. The molecule has 34 heavy (non-hydrogen) atoms. The lowest BCUT2D eigenvalue weighted by Gasteiger charge is -2.32. The molecule has 0 N–H and O–H groups in total. The summed E-state index contributed by atoms with van der Waals surface area (Å²) < 4.78 is 41.0. The van der Waals surface area contributed by atoms with Gasteiger partial charge in [0.25, 0.3) is 10.8 Å². The minimum atomic E-state index is -4.24. The summed E-state index contributed by atoms with van der Waals surface area (Å²) in [5, 5.41) is 0. The molecular formula is C26H23FN2O4S. The lowest BCUT2D eigenvalue weighted by molar-refractivity contribution is -0.123. The lowest BCUT2D eigenvalue weighted by Crippen LogP contribution is -2.54. The summed E-state index contributed by atoms with van der Waals surface area (Å²) in [7, 11) is -4.24. The van der Waals surface area contributed by atoms with Crippen LogP contribution in [0.5, 0.6) is 0 Å². The van der Waals surface area contributed by atoms with E-state index in [0.717, 1.165) is 10.5 Å². The molecule has 1 fully saturated rings. The average Bonchev–Trinajstić information content (AvgIpc) is 3.16. The summed E-state index contributed by atoms with van der Waals surface area (Å²) in [6.45, 7) is 4.03. The zero-order valence-corrected chi connectivity index (χ0v) is 19.5. The molecule has 1 unspecified atom stereocenters. The molecule has 3 aromatic carbocycles. The van der Waals surface area contributed by atoms with Crippen LogP contribution in [-0.2, 0) is 30.8 Å². The molecule has 2 aliphatic heterocycles. The van der Waals surface area contributed by atoms with Crippen molar-refractivity contribution in [3.63, 3.8) is 0 Å². The Morgan fingerprint density at radius 2 is 1.68 bits per heavy atom. The standard InChI is InChI=1S/C26H23FN2O4S/c1-17(2)19-10-12-21(13-11-19)29-24(30)16-34(32,33)26(29)22-8-3-4-9-23(22)28(25(26)31)15-18-6-5-7-20(27)14-18/h3-14,17H,15-16H2,1-2H3. The first-order valence-corrected chi connectivity index (χ1v) is 12.6. The maximum Gasteiger partial charge on any atom is 0.274 e. The van der Waals surface area contributed by atoms with E-state index in [2.05, 4.69) is 0 Å². The van der Waals surface area contributed by atoms with E-state index in [0.29, 0.717) is 16.9 Å². The van der Waals surface area contributed by atoms with Crippen molar-refractivity contribution in [2.24, 2.45) is 0 Å². The van der Waals surface area contributed by atoms with Crippen LogP contribution in [-0.4, -0.2) is 26.0 Å². The highest BCUT2D eigenvalue weighted by Gasteiger charge is 2.69. The van der Waals surface area contributed by atoms with Gasteiger partial charge < -0.3 is 4.90 Å². The van der Waals surface area contributed by atoms with Crippen molar-refractivity contribution in [2.75, 3.05) is 15.6 Å². The Hall–Kier alpha value is -3.52. The Balaban J connectivity index is 1.70. The number of para-hydroxylation sites is 1. The largest absolute Gasteiger partial charge is 0.304 e. The normalized spacial score (nSPS) is 21.1. The maximum absolute atomic E-state index is 14.1. The number of hydrogen-bond donors (Lipinski definition) is 0. The van der Waals surface area contributed by atoms with Crippen LogP contribution in [0, 0.1) is 5.82 Å². The van der Waals surface area contributed by atoms with E-state index in [-0.39, 0.29) is 18.0 Å². The van der Waals surface area contributed by atoms with E-state index < -0.39 is 38.1 Å². The molecule has 1 saturated heterocycles. The third-order valence-electron chi connectivity index (χ3n) is 6.47. The van der Waals surface area contributed by atoms with Crippen LogP contribution in [0.3, 0.4) is 0 Å². The van der Waals surface area contributed by atoms with Crippen molar-refractivity contribution in [1.82, 2.24) is 0 Å². The Morgan fingerprint density at radius 3 is 2.35 bits per heavy atom. The number of amides is 2. The summed E-state index contributed by atoms with van der Waals surface area (Å²) in [4.78, 5) is 27.5. The molecule has 0 aromatic heterocycles. The number of anilines is 2. The smallest absolute Gasteiger partial charge is 0.274 e. The summed E-state index contributed by atoms with van der Waals surface area (Å²) in [5.41, 5.74) is 2.49. The summed E-state index contributed by atoms with van der Waals surface area (Å²) in [6, 6.07) is 19.4. The average molecular weight is 479 g/mol. The fraction of sp³-hybridized carbons (Fsp3) is 0.231. The minimum absolute atomic E-state index is 0.0286. The van der Waals surface area contributed by atoms with E-state index in [9.17, 15) is 22.4 Å². The van der Waals surface area contributed by atoms with E-state index in [1.807, 2.05) is 26.0 Å². The number of carbonyl (C=O) groups is 2. The Morgan fingerprint density at radius 1 is 0.971 bits per heavy atom. The monoisotopic (exact) mass is 478 g/mol. The van der Waals surface area contributed by atoms with Gasteiger partial charge in [-0.1, -0.05) is 56.3 Å². The van der Waals surface area contributed by atoms with Gasteiger partial charge in [0, 0.05) is 11.3 Å². The molecule has 8 heteroatoms. The second-order valence-electron chi connectivity index (χ2n) is 8.92. The van der Waals surface area contributed by atoms with Gasteiger partial charge >= 0.3 is 0 Å². The Bertz CT molecular complexity index is 1420. The molecule has 2 amide bonds. The molecule has 5 rings (SSSR count). The third-order valence-corrected chi connectivity index (χ3v) is 8.57. The van der Waals surface area contributed by atoms with E-state index >= 15 is 0 Å². The molecule has 0 aliphatic carbocycles. The fourth-order valence-electron chi connectivity index (χ4n) is 4.87. The molecule has 2 aliphatic rings. The number of sulfone groups is 1. The zero-order valence-electron chi connectivity index (χ0n) is 18.7. The van der Waals surface area contributed by atoms with E-state index in [4.69, 9.17) is 0 Å². The van der Waals surface area contributed by atoms with Crippen LogP contribution in [0.4, 0.5) is 15.8 Å². The summed E-state index contributed by atoms with van der Waals surface area (Å²) in [5.74, 6) is -2.38. The number of halogens is 1. The van der Waals surface area contributed by atoms with E-state index in [1.165, 1.54) is 23.1 Å². The van der Waals surface area contributed by atoms with E-state index in [1.54, 1.807) is 42.5 Å². The zero-order chi connectivity index (χ0) is 24.3. The van der Waals surface area contributed by atoms with Gasteiger partial charge in [0.15, 0.2) is 9.84 Å². The van der Waals surface area contributed by atoms with Crippen LogP contribution in [0.1, 0.15) is 36.5 Å². The van der Waals surface area contributed by atoms with Crippen molar-refractivity contribution < 1.29 is 22.4 Å². The maximum atomic E-state index is 14.1. The molecule has 174 valence electrons. The molecule has 0 radical (unpaired) electrons. The number of benzene rings is 3. The molecule has 6 nitrogen and oxygen atoms in total. The van der Waals surface area contributed by atoms with Crippen molar-refractivity contribution in [3.05, 3.63) is 95.3 Å². The van der Waals surface area contributed by atoms with Crippen LogP contribution in [0.15, 0.2) is 72.8 Å². The van der Waals surface area contributed by atoms with Gasteiger partial charge in [-0.25, -0.2) is 12.8 Å². The van der Waals surface area contributed by atoms with Gasteiger partial charge in [-0.3, -0.25) is 14.5 Å². The molecule has 0 saturated carbocycles. The van der Waals surface area contributed by atoms with Gasteiger partial charge in [0.2, 0.25) is 5.91 Å². The first kappa shape index (κ1) is 22.3. The van der Waals surface area contributed by atoms with Crippen molar-refractivity contribution in [2.45, 2.75) is 31.2 Å². The Labute approximate surface area is 197 Å². The van der Waals surface area contributed by atoms with Crippen molar-refractivity contribution in [1.29, 1.82) is 0 Å². The fourth-order valence-corrected chi connectivity index (χ4v) is 6.91. The van der Waals surface area contributed by atoms with Crippen LogP contribution in [0.25, 0.3) is 0 Å². The molecule has 3 aromatic rings. The van der Waals surface area contributed by atoms with Gasteiger partial charge in [0.1, 0.15) is 11.6 Å². The van der Waals surface area contributed by atoms with Gasteiger partial charge in [0.05, 0.1) is 12.2 Å². The quantitative estimate of drug-likeness (QED) is 0.566. The molecule has 0 bridgehead atoms. The number of fused-ring (bicyclic) bond motifs is 2. The lowest BCUT2D eigenvalue weighted by atomic mass is 10.0. The highest BCUT2D eigenvalue weighted by atomic mass is 32.2. The highest BCUT2D eigenvalue weighted by molar-refractivity contribution is 7.94. The second-order valence-corrected chi connectivity index (χ2v) is 11.0. The second kappa shape index (κ2) is 7.77. The van der Waals surface area contributed by atoms with Crippen molar-refractivity contribution in [3.8, 4) is 0 Å². The van der Waals surface area contributed by atoms with Gasteiger partial charge in [-0.2, -0.15) is 0 Å². The number of carbonyl (C=O) groups excluding carboxylic acids is 2. The predicted octanol–water partition coefficient (Wildman–Crippen LogP) is 4.11. The van der Waals surface area contributed by atoms with Crippen LogP contribution >= 0.6 is 0 Å².